The van der Waals surface area contributed by atoms with Crippen LogP contribution in [-0.2, 0) is 33.2 Å². The van der Waals surface area contributed by atoms with Crippen LogP contribution in [0.1, 0.15) is 341 Å². The number of carbonyl (C=O) groups is 1. The van der Waals surface area contributed by atoms with E-state index in [9.17, 15) is 61.0 Å². The van der Waals surface area contributed by atoms with Gasteiger partial charge in [-0.1, -0.05) is 336 Å². The SMILES string of the molecule is CC/C=C\C/C=C\C/C=C\C/C=C\CCCCCCCCCCCCCCCCCCCCCCCCCCC(=O)NC(COC1OC(CO)C(OC2OC(CO)C(OC3OC(CO)C(O)C(O)C3O)C(O)C2O)C(O)C1O)C(O)/C=C/CC/C=C/CC/C=C/CCCCCCCCCCCCCCCCCC. The molecule has 3 aliphatic heterocycles. The molecule has 1 amide bonds. The molecule has 0 aliphatic carbocycles. The average Bonchev–Trinajstić information content (AvgIpc) is 0.779. The van der Waals surface area contributed by atoms with Crippen LogP contribution < -0.4 is 5.32 Å². The molecule has 0 radical (unpaired) electrons. The molecule has 0 saturated carbocycles. The van der Waals surface area contributed by atoms with E-state index in [2.05, 4.69) is 92.1 Å². The van der Waals surface area contributed by atoms with E-state index in [1.807, 2.05) is 6.08 Å². The van der Waals surface area contributed by atoms with Crippen LogP contribution in [0.5, 0.6) is 0 Å². The number of allylic oxidation sites excluding steroid dienone is 13. The fourth-order valence-electron chi connectivity index (χ4n) is 14.5. The summed E-state index contributed by atoms with van der Waals surface area (Å²) in [6, 6.07) is -1.00. The number of nitrogens with one attached hydrogen (secondary N) is 1. The van der Waals surface area contributed by atoms with Gasteiger partial charge in [0, 0.05) is 6.42 Å². The molecule has 628 valence electrons. The molecular formula is C89H159NO18. The zero-order valence-corrected chi connectivity index (χ0v) is 67.6. The minimum atomic E-state index is -1.99. The number of hydrogen-bond donors (Lipinski definition) is 12. The summed E-state index contributed by atoms with van der Waals surface area (Å²) in [5.41, 5.74) is 0. The number of hydrogen-bond acceptors (Lipinski definition) is 18. The first-order valence-corrected chi connectivity index (χ1v) is 43.8. The van der Waals surface area contributed by atoms with Gasteiger partial charge in [-0.3, -0.25) is 4.79 Å². The van der Waals surface area contributed by atoms with Crippen molar-refractivity contribution in [3.63, 3.8) is 0 Å². The van der Waals surface area contributed by atoms with Gasteiger partial charge in [0.05, 0.1) is 38.6 Å². The van der Waals surface area contributed by atoms with Gasteiger partial charge in [-0.25, -0.2) is 0 Å². The summed E-state index contributed by atoms with van der Waals surface area (Å²) in [5, 5.41) is 121. The number of ether oxygens (including phenoxy) is 6. The second-order valence-electron chi connectivity index (χ2n) is 31.0. The van der Waals surface area contributed by atoms with Crippen molar-refractivity contribution in [2.45, 2.75) is 446 Å². The Bertz CT molecular complexity index is 2280. The number of aliphatic hydroxyl groups excluding tert-OH is 11. The normalized spacial score (nSPS) is 25.8. The van der Waals surface area contributed by atoms with Gasteiger partial charge in [0.1, 0.15) is 73.2 Å². The van der Waals surface area contributed by atoms with Crippen LogP contribution in [0.4, 0.5) is 0 Å². The summed E-state index contributed by atoms with van der Waals surface area (Å²) >= 11 is 0. The fourth-order valence-corrected chi connectivity index (χ4v) is 14.5. The van der Waals surface area contributed by atoms with E-state index < -0.39 is 124 Å². The molecule has 0 spiro atoms. The molecule has 3 aliphatic rings. The van der Waals surface area contributed by atoms with Crippen molar-refractivity contribution < 1.29 is 89.4 Å². The van der Waals surface area contributed by atoms with Gasteiger partial charge in [-0.2, -0.15) is 0 Å². The quantitative estimate of drug-likeness (QED) is 0.0199. The first-order valence-electron chi connectivity index (χ1n) is 43.8. The molecule has 3 saturated heterocycles. The molecule has 3 rings (SSSR count). The molecule has 108 heavy (non-hydrogen) atoms. The van der Waals surface area contributed by atoms with Crippen LogP contribution in [0.3, 0.4) is 0 Å². The van der Waals surface area contributed by atoms with Gasteiger partial charge in [0.2, 0.25) is 5.91 Å². The van der Waals surface area contributed by atoms with E-state index in [0.29, 0.717) is 12.8 Å². The van der Waals surface area contributed by atoms with Crippen molar-refractivity contribution in [2.75, 3.05) is 26.4 Å². The van der Waals surface area contributed by atoms with Crippen LogP contribution in [0, 0.1) is 0 Å². The highest BCUT2D eigenvalue weighted by atomic mass is 16.8. The topological polar surface area (TPSA) is 307 Å². The Morgan fingerprint density at radius 1 is 0.343 bits per heavy atom. The maximum atomic E-state index is 13.5. The monoisotopic (exact) mass is 1530 g/mol. The third-order valence-electron chi connectivity index (χ3n) is 21.4. The van der Waals surface area contributed by atoms with Gasteiger partial charge in [0.15, 0.2) is 18.9 Å². The highest BCUT2D eigenvalue weighted by Gasteiger charge is 2.54. The van der Waals surface area contributed by atoms with E-state index in [0.717, 1.165) is 70.6 Å². The maximum absolute atomic E-state index is 13.5. The molecule has 19 nitrogen and oxygen atoms in total. The summed E-state index contributed by atoms with van der Waals surface area (Å²) in [6.07, 6.45) is 65.9. The minimum absolute atomic E-state index is 0.233. The molecular weight excluding hydrogens is 1370 g/mol. The van der Waals surface area contributed by atoms with E-state index in [1.54, 1.807) is 6.08 Å². The highest BCUT2D eigenvalue weighted by molar-refractivity contribution is 5.76. The lowest BCUT2D eigenvalue weighted by Crippen LogP contribution is -2.66. The molecule has 17 unspecified atom stereocenters. The van der Waals surface area contributed by atoms with Crippen LogP contribution in [0.25, 0.3) is 0 Å². The first kappa shape index (κ1) is 99.2. The highest BCUT2D eigenvalue weighted by Crippen LogP contribution is 2.33. The van der Waals surface area contributed by atoms with E-state index in [4.69, 9.17) is 28.4 Å². The summed E-state index contributed by atoms with van der Waals surface area (Å²) in [5.74, 6) is -0.285. The molecule has 17 atom stereocenters. The summed E-state index contributed by atoms with van der Waals surface area (Å²) in [4.78, 5) is 13.5. The second kappa shape index (κ2) is 68.4. The predicted molar refractivity (Wildman–Crippen MR) is 434 cm³/mol. The molecule has 0 bridgehead atoms. The Morgan fingerprint density at radius 2 is 0.648 bits per heavy atom. The Labute approximate surface area is 654 Å². The average molecular weight is 1530 g/mol. The van der Waals surface area contributed by atoms with Crippen molar-refractivity contribution in [1.29, 1.82) is 0 Å². The van der Waals surface area contributed by atoms with E-state index in [1.165, 1.54) is 238 Å². The Hall–Kier alpha value is -3.03. The van der Waals surface area contributed by atoms with Crippen molar-refractivity contribution in [1.82, 2.24) is 5.32 Å². The number of amides is 1. The van der Waals surface area contributed by atoms with Crippen molar-refractivity contribution in [3.8, 4) is 0 Å². The summed E-state index contributed by atoms with van der Waals surface area (Å²) in [7, 11) is 0. The zero-order chi connectivity index (χ0) is 78.1. The Morgan fingerprint density at radius 3 is 1.04 bits per heavy atom. The molecule has 3 fully saturated rings. The number of unbranched alkanes of at least 4 members (excludes halogenated alkanes) is 42. The van der Waals surface area contributed by atoms with Crippen molar-refractivity contribution >= 4 is 5.91 Å². The van der Waals surface area contributed by atoms with Gasteiger partial charge in [-0.15, -0.1) is 0 Å². The summed E-state index contributed by atoms with van der Waals surface area (Å²) in [6.45, 7) is 1.64. The molecule has 19 heteroatoms. The zero-order valence-electron chi connectivity index (χ0n) is 67.6. The van der Waals surface area contributed by atoms with E-state index >= 15 is 0 Å². The molecule has 0 aromatic heterocycles. The Balaban J connectivity index is 1.33. The molecule has 12 N–H and O–H groups in total. The minimum Gasteiger partial charge on any atom is -0.394 e. The largest absolute Gasteiger partial charge is 0.394 e. The lowest BCUT2D eigenvalue weighted by molar-refractivity contribution is -0.379. The van der Waals surface area contributed by atoms with Crippen molar-refractivity contribution in [3.05, 3.63) is 85.1 Å². The third-order valence-corrected chi connectivity index (χ3v) is 21.4. The second-order valence-corrected chi connectivity index (χ2v) is 31.0. The lowest BCUT2D eigenvalue weighted by Gasteiger charge is -2.48. The van der Waals surface area contributed by atoms with Gasteiger partial charge in [-0.05, 0) is 83.5 Å². The van der Waals surface area contributed by atoms with Crippen LogP contribution in [0.2, 0.25) is 0 Å². The number of aliphatic hydroxyl groups is 11. The van der Waals surface area contributed by atoms with Gasteiger partial charge < -0.3 is 89.9 Å². The fraction of sp³-hybridized carbons (Fsp3) is 0.831. The van der Waals surface area contributed by atoms with Crippen LogP contribution in [-0.4, -0.2) is 193 Å². The lowest BCUT2D eigenvalue weighted by atomic mass is 9.96. The summed E-state index contributed by atoms with van der Waals surface area (Å²) < 4.78 is 34.5. The number of carbonyl (C=O) groups excluding carboxylic acids is 1. The predicted octanol–water partition coefficient (Wildman–Crippen LogP) is 16.1. The van der Waals surface area contributed by atoms with Gasteiger partial charge >= 0.3 is 0 Å². The standard InChI is InChI=1S/C89H159NO18/c1-3-5-7-9-11-13-15-17-19-21-23-25-27-29-31-32-33-34-35-36-37-38-39-40-41-43-45-47-49-51-53-55-57-59-61-63-65-67-77(95)90-72(73(94)66-64-62-60-58-56-54-52-50-48-46-44-42-30-28-26-24-22-20-18-16-14-12-10-8-6-4-2)71-103-87-83(101)80(98)85(75(69-92)105-87)108-89-84(102)81(99)86(76(70-93)106-89)107-88-82(100)79(97)78(96)74(68-91)104-88/h5,7,11,13,17,19,23,25,48,50,56,58,64,66,72-76,78-89,91-94,96-102H,3-4,6,8-10,12,14-16,18,20-22,24,26-47,49,51-55,57,59-63,65,67-71H2,1-2H3,(H,90,95)/b7-5-,13-11-,19-17-,25-23-,50-48+,58-56+,66-64+. The third kappa shape index (κ3) is 47.0. The first-order chi connectivity index (χ1) is 52.8. The van der Waals surface area contributed by atoms with E-state index in [-0.39, 0.29) is 18.9 Å². The smallest absolute Gasteiger partial charge is 0.220 e. The molecule has 0 aromatic rings. The Kier molecular flexibility index (Phi) is 62.8. The van der Waals surface area contributed by atoms with Crippen LogP contribution >= 0.6 is 0 Å². The molecule has 3 heterocycles. The number of rotatable bonds is 70. The molecule has 0 aromatic carbocycles. The van der Waals surface area contributed by atoms with Crippen LogP contribution in [0.15, 0.2) is 85.1 Å². The van der Waals surface area contributed by atoms with Crippen molar-refractivity contribution in [2.24, 2.45) is 0 Å². The van der Waals surface area contributed by atoms with Gasteiger partial charge in [0.25, 0.3) is 0 Å². The maximum Gasteiger partial charge on any atom is 0.220 e.